The lowest BCUT2D eigenvalue weighted by atomic mass is 10.1. The molecule has 5 N–H and O–H groups in total. The zero-order valence-corrected chi connectivity index (χ0v) is 10.2. The van der Waals surface area contributed by atoms with Gasteiger partial charge in [-0.2, -0.15) is 0 Å². The molecule has 0 amide bonds. The topological polar surface area (TPSA) is 94.9 Å². The highest BCUT2D eigenvalue weighted by molar-refractivity contribution is 5.77. The summed E-state index contributed by atoms with van der Waals surface area (Å²) in [4.78, 5) is 4.16. The number of nitrogens with zero attached hydrogens (tertiary/aromatic N) is 1. The Hall–Kier alpha value is -1.95. The number of ether oxygens (including phenoxy) is 2. The molecule has 1 aromatic rings. The minimum atomic E-state index is -0.120. The number of guanidine groups is 1. The molecule has 0 heterocycles. The van der Waals surface area contributed by atoms with Crippen molar-refractivity contribution in [1.29, 1.82) is 0 Å². The molecule has 17 heavy (non-hydrogen) atoms. The SMILES string of the molecule is COc1ccc(C(C)N=C(N)NN)cc1OC. The fourth-order valence-electron chi connectivity index (χ4n) is 1.43. The Morgan fingerprint density at radius 2 is 1.94 bits per heavy atom. The van der Waals surface area contributed by atoms with Crippen LogP contribution in [0.15, 0.2) is 23.2 Å². The second kappa shape index (κ2) is 5.95. The predicted octanol–water partition coefficient (Wildman–Crippen LogP) is 0.543. The van der Waals surface area contributed by atoms with Crippen molar-refractivity contribution in [2.45, 2.75) is 13.0 Å². The molecule has 0 aliphatic rings. The van der Waals surface area contributed by atoms with Gasteiger partial charge in [-0.25, -0.2) is 10.8 Å². The number of rotatable bonds is 4. The predicted molar refractivity (Wildman–Crippen MR) is 66.9 cm³/mol. The van der Waals surface area contributed by atoms with Crippen LogP contribution in [0, 0.1) is 0 Å². The second-order valence-corrected chi connectivity index (χ2v) is 3.45. The average Bonchev–Trinajstić information content (AvgIpc) is 2.37. The van der Waals surface area contributed by atoms with Gasteiger partial charge in [0.2, 0.25) is 5.96 Å². The summed E-state index contributed by atoms with van der Waals surface area (Å²) < 4.78 is 10.4. The number of methoxy groups -OCH3 is 2. The van der Waals surface area contributed by atoms with Gasteiger partial charge in [-0.3, -0.25) is 5.43 Å². The molecule has 1 aromatic carbocycles. The van der Waals surface area contributed by atoms with E-state index >= 15 is 0 Å². The Morgan fingerprint density at radius 1 is 1.29 bits per heavy atom. The fraction of sp³-hybridized carbons (Fsp3) is 0.364. The largest absolute Gasteiger partial charge is 0.493 e. The van der Waals surface area contributed by atoms with E-state index < -0.39 is 0 Å². The molecular weight excluding hydrogens is 220 g/mol. The van der Waals surface area contributed by atoms with Crippen molar-refractivity contribution in [3.8, 4) is 11.5 Å². The quantitative estimate of drug-likeness (QED) is 0.308. The lowest BCUT2D eigenvalue weighted by molar-refractivity contribution is 0.354. The Labute approximate surface area is 101 Å². The molecule has 0 radical (unpaired) electrons. The molecular formula is C11H18N4O2. The maximum Gasteiger partial charge on any atom is 0.203 e. The molecule has 94 valence electrons. The van der Waals surface area contributed by atoms with Gasteiger partial charge in [0, 0.05) is 0 Å². The van der Waals surface area contributed by atoms with Gasteiger partial charge in [0.05, 0.1) is 20.3 Å². The van der Waals surface area contributed by atoms with Crippen molar-refractivity contribution in [3.05, 3.63) is 23.8 Å². The van der Waals surface area contributed by atoms with Crippen LogP contribution in [0.2, 0.25) is 0 Å². The first-order valence-corrected chi connectivity index (χ1v) is 5.14. The van der Waals surface area contributed by atoms with Gasteiger partial charge in [-0.05, 0) is 24.6 Å². The Balaban J connectivity index is 2.99. The molecule has 0 spiro atoms. The molecule has 0 saturated carbocycles. The third kappa shape index (κ3) is 3.25. The van der Waals surface area contributed by atoms with Crippen molar-refractivity contribution >= 4 is 5.96 Å². The third-order valence-corrected chi connectivity index (χ3v) is 2.37. The van der Waals surface area contributed by atoms with E-state index in [1.807, 2.05) is 25.1 Å². The maximum absolute atomic E-state index is 5.50. The standard InChI is InChI=1S/C11H18N4O2/c1-7(14-11(12)15-13)8-4-5-9(16-2)10(6-8)17-3/h4-7H,13H2,1-3H3,(H3,12,14,15). The van der Waals surface area contributed by atoms with E-state index in [0.29, 0.717) is 11.5 Å². The molecule has 0 fully saturated rings. The summed E-state index contributed by atoms with van der Waals surface area (Å²) in [5, 5.41) is 0. The number of hydrogen-bond acceptors (Lipinski definition) is 4. The number of hydrazine groups is 1. The van der Waals surface area contributed by atoms with Crippen LogP contribution in [0.5, 0.6) is 11.5 Å². The lowest BCUT2D eigenvalue weighted by Gasteiger charge is -2.12. The molecule has 0 aromatic heterocycles. The van der Waals surface area contributed by atoms with Crippen molar-refractivity contribution in [1.82, 2.24) is 5.43 Å². The normalized spacial score (nSPS) is 13.1. The van der Waals surface area contributed by atoms with Gasteiger partial charge in [-0.1, -0.05) is 6.07 Å². The Kier molecular flexibility index (Phi) is 4.59. The number of aliphatic imine (C=N–C) groups is 1. The molecule has 0 saturated heterocycles. The highest BCUT2D eigenvalue weighted by Crippen LogP contribution is 2.30. The van der Waals surface area contributed by atoms with Crippen LogP contribution >= 0.6 is 0 Å². The number of hydrogen-bond donors (Lipinski definition) is 3. The summed E-state index contributed by atoms with van der Waals surface area (Å²) in [5.74, 6) is 6.67. The van der Waals surface area contributed by atoms with Gasteiger partial charge in [-0.15, -0.1) is 0 Å². The zero-order valence-electron chi connectivity index (χ0n) is 10.2. The summed E-state index contributed by atoms with van der Waals surface area (Å²) in [7, 11) is 3.18. The van der Waals surface area contributed by atoms with Gasteiger partial charge >= 0.3 is 0 Å². The van der Waals surface area contributed by atoms with E-state index in [0.717, 1.165) is 5.56 Å². The molecule has 6 heteroatoms. The molecule has 1 rings (SSSR count). The first kappa shape index (κ1) is 13.1. The van der Waals surface area contributed by atoms with Crippen molar-refractivity contribution in [3.63, 3.8) is 0 Å². The van der Waals surface area contributed by atoms with Crippen LogP contribution < -0.4 is 26.5 Å². The molecule has 6 nitrogen and oxygen atoms in total. The second-order valence-electron chi connectivity index (χ2n) is 3.45. The van der Waals surface area contributed by atoms with E-state index in [1.165, 1.54) is 0 Å². The first-order chi connectivity index (χ1) is 8.12. The maximum atomic E-state index is 5.50. The molecule has 1 atom stereocenters. The summed E-state index contributed by atoms with van der Waals surface area (Å²) in [6.45, 7) is 1.91. The number of benzene rings is 1. The minimum Gasteiger partial charge on any atom is -0.493 e. The van der Waals surface area contributed by atoms with Gasteiger partial charge in [0.25, 0.3) is 0 Å². The minimum absolute atomic E-state index is 0.120. The van der Waals surface area contributed by atoms with Crippen LogP contribution in [-0.2, 0) is 0 Å². The molecule has 0 bridgehead atoms. The molecule has 1 unspecified atom stereocenters. The van der Waals surface area contributed by atoms with E-state index in [4.69, 9.17) is 21.1 Å². The van der Waals surface area contributed by atoms with E-state index in [1.54, 1.807) is 14.2 Å². The summed E-state index contributed by atoms with van der Waals surface area (Å²) >= 11 is 0. The van der Waals surface area contributed by atoms with E-state index in [-0.39, 0.29) is 12.0 Å². The summed E-state index contributed by atoms with van der Waals surface area (Å²) in [6, 6.07) is 5.47. The highest BCUT2D eigenvalue weighted by atomic mass is 16.5. The van der Waals surface area contributed by atoms with Gasteiger partial charge < -0.3 is 15.2 Å². The first-order valence-electron chi connectivity index (χ1n) is 5.14. The van der Waals surface area contributed by atoms with Crippen LogP contribution in [0.1, 0.15) is 18.5 Å². The van der Waals surface area contributed by atoms with Crippen molar-refractivity contribution in [2.24, 2.45) is 16.6 Å². The zero-order chi connectivity index (χ0) is 12.8. The summed E-state index contributed by atoms with van der Waals surface area (Å²) in [5.41, 5.74) is 8.74. The monoisotopic (exact) mass is 238 g/mol. The lowest BCUT2D eigenvalue weighted by Crippen LogP contribution is -2.37. The average molecular weight is 238 g/mol. The van der Waals surface area contributed by atoms with Crippen LogP contribution in [0.25, 0.3) is 0 Å². The molecule has 0 aliphatic heterocycles. The van der Waals surface area contributed by atoms with Gasteiger partial charge in [0.15, 0.2) is 11.5 Å². The Morgan fingerprint density at radius 3 is 2.47 bits per heavy atom. The van der Waals surface area contributed by atoms with Crippen molar-refractivity contribution < 1.29 is 9.47 Å². The van der Waals surface area contributed by atoms with Gasteiger partial charge in [0.1, 0.15) is 0 Å². The van der Waals surface area contributed by atoms with Crippen LogP contribution in [-0.4, -0.2) is 20.2 Å². The van der Waals surface area contributed by atoms with Crippen LogP contribution in [0.3, 0.4) is 0 Å². The van der Waals surface area contributed by atoms with Crippen LogP contribution in [0.4, 0.5) is 0 Å². The van der Waals surface area contributed by atoms with E-state index in [2.05, 4.69) is 10.4 Å². The van der Waals surface area contributed by atoms with E-state index in [9.17, 15) is 0 Å². The van der Waals surface area contributed by atoms with Crippen molar-refractivity contribution in [2.75, 3.05) is 14.2 Å². The fourth-order valence-corrected chi connectivity index (χ4v) is 1.43. The number of nitrogens with one attached hydrogen (secondary N) is 1. The number of nitrogens with two attached hydrogens (primary N) is 2. The molecule has 0 aliphatic carbocycles. The Bertz CT molecular complexity index is 406. The third-order valence-electron chi connectivity index (χ3n) is 2.37. The highest BCUT2D eigenvalue weighted by Gasteiger charge is 2.09. The summed E-state index contributed by atoms with van der Waals surface area (Å²) in [6.07, 6.45) is 0. The smallest absolute Gasteiger partial charge is 0.203 e.